The lowest BCUT2D eigenvalue weighted by atomic mass is 10.1. The Morgan fingerprint density at radius 1 is 0.667 bits per heavy atom. The van der Waals surface area contributed by atoms with Crippen molar-refractivity contribution < 1.29 is 0 Å². The van der Waals surface area contributed by atoms with Crippen molar-refractivity contribution >= 4 is 23.8 Å². The normalized spacial score (nSPS) is 12.5. The number of benzene rings is 3. The molecule has 1 nitrogen and oxygen atoms in total. The summed E-state index contributed by atoms with van der Waals surface area (Å²) in [5.74, 6) is 0. The topological polar surface area (TPSA) is 3.24 Å². The summed E-state index contributed by atoms with van der Waals surface area (Å²) >= 11 is 0. The van der Waals surface area contributed by atoms with Crippen LogP contribution >= 0.6 is 7.92 Å². The molecule has 0 unspecified atom stereocenters. The Bertz CT molecular complexity index is 729. The maximum atomic E-state index is 2.31. The van der Waals surface area contributed by atoms with Gasteiger partial charge in [-0.25, -0.2) is 0 Å². The van der Waals surface area contributed by atoms with Crippen molar-refractivity contribution in [1.82, 2.24) is 4.90 Å². The molecule has 0 aliphatic rings. The highest BCUT2D eigenvalue weighted by atomic mass is 31.1. The largest absolute Gasteiger partial charge is 0.303 e. The van der Waals surface area contributed by atoms with E-state index in [1.807, 2.05) is 0 Å². The summed E-state index contributed by atoms with van der Waals surface area (Å²) in [6, 6.07) is 31.1. The Morgan fingerprint density at radius 3 is 1.62 bits per heavy atom. The molecule has 0 N–H and O–H groups in total. The van der Waals surface area contributed by atoms with Crippen molar-refractivity contribution in [2.75, 3.05) is 14.1 Å². The number of hydrogen-bond donors (Lipinski definition) is 0. The van der Waals surface area contributed by atoms with Crippen LogP contribution in [0.25, 0.3) is 0 Å². The Balaban J connectivity index is 2.18. The van der Waals surface area contributed by atoms with Crippen molar-refractivity contribution in [2.45, 2.75) is 13.0 Å². The van der Waals surface area contributed by atoms with Crippen LogP contribution in [0.3, 0.4) is 0 Å². The van der Waals surface area contributed by atoms with E-state index in [1.165, 1.54) is 21.5 Å². The van der Waals surface area contributed by atoms with Gasteiger partial charge in [-0.05, 0) is 50.4 Å². The van der Waals surface area contributed by atoms with Crippen LogP contribution in [0.1, 0.15) is 18.5 Å². The number of rotatable bonds is 5. The summed E-state index contributed by atoms with van der Waals surface area (Å²) in [5, 5.41) is 4.25. The van der Waals surface area contributed by atoms with Gasteiger partial charge in [0.2, 0.25) is 0 Å². The van der Waals surface area contributed by atoms with Crippen molar-refractivity contribution in [2.24, 2.45) is 0 Å². The van der Waals surface area contributed by atoms with E-state index in [-0.39, 0.29) is 0 Å². The van der Waals surface area contributed by atoms with Crippen LogP contribution in [0.5, 0.6) is 0 Å². The highest BCUT2D eigenvalue weighted by Gasteiger charge is 2.21. The highest BCUT2D eigenvalue weighted by Crippen LogP contribution is 2.36. The van der Waals surface area contributed by atoms with E-state index in [2.05, 4.69) is 111 Å². The minimum atomic E-state index is -0.551. The smallest absolute Gasteiger partial charge is 0.0320 e. The lowest BCUT2D eigenvalue weighted by molar-refractivity contribution is 0.322. The minimum Gasteiger partial charge on any atom is -0.303 e. The molecule has 0 radical (unpaired) electrons. The van der Waals surface area contributed by atoms with Gasteiger partial charge in [0.1, 0.15) is 0 Å². The molecular weight excluding hydrogens is 309 g/mol. The molecule has 1 atom stereocenters. The van der Waals surface area contributed by atoms with Gasteiger partial charge < -0.3 is 4.90 Å². The fourth-order valence-electron chi connectivity index (χ4n) is 2.90. The number of nitrogens with zero attached hydrogens (tertiary/aromatic N) is 1. The fourth-order valence-corrected chi connectivity index (χ4v) is 5.45. The van der Waals surface area contributed by atoms with Gasteiger partial charge in [0.25, 0.3) is 0 Å². The first kappa shape index (κ1) is 16.9. The molecule has 122 valence electrons. The van der Waals surface area contributed by atoms with Crippen LogP contribution < -0.4 is 15.9 Å². The van der Waals surface area contributed by atoms with Gasteiger partial charge in [0.05, 0.1) is 0 Å². The summed E-state index contributed by atoms with van der Waals surface area (Å²) in [4.78, 5) is 2.28. The molecule has 0 aromatic heterocycles. The molecule has 2 heteroatoms. The third kappa shape index (κ3) is 3.59. The molecule has 0 amide bonds. The third-order valence-electron chi connectivity index (χ3n) is 4.43. The highest BCUT2D eigenvalue weighted by molar-refractivity contribution is 7.79. The van der Waals surface area contributed by atoms with Gasteiger partial charge in [-0.15, -0.1) is 0 Å². The molecule has 0 aliphatic heterocycles. The Labute approximate surface area is 146 Å². The molecule has 3 aromatic rings. The average molecular weight is 333 g/mol. The molecule has 0 heterocycles. The zero-order valence-electron chi connectivity index (χ0n) is 14.6. The minimum absolute atomic E-state index is 0.388. The first-order valence-corrected chi connectivity index (χ1v) is 9.68. The van der Waals surface area contributed by atoms with E-state index in [4.69, 9.17) is 0 Å². The monoisotopic (exact) mass is 333 g/mol. The molecule has 3 rings (SSSR count). The number of hydrogen-bond acceptors (Lipinski definition) is 1. The first-order valence-electron chi connectivity index (χ1n) is 8.34. The van der Waals surface area contributed by atoms with Gasteiger partial charge in [-0.1, -0.05) is 84.9 Å². The third-order valence-corrected chi connectivity index (χ3v) is 6.95. The van der Waals surface area contributed by atoms with Crippen LogP contribution in [0.4, 0.5) is 0 Å². The van der Waals surface area contributed by atoms with Crippen molar-refractivity contribution in [1.29, 1.82) is 0 Å². The molecule has 0 saturated heterocycles. The molecule has 3 aromatic carbocycles. The zero-order valence-corrected chi connectivity index (χ0v) is 15.4. The van der Waals surface area contributed by atoms with Crippen molar-refractivity contribution in [3.63, 3.8) is 0 Å². The second-order valence-electron chi connectivity index (χ2n) is 6.20. The molecule has 24 heavy (non-hydrogen) atoms. The predicted molar refractivity (Wildman–Crippen MR) is 107 cm³/mol. The van der Waals surface area contributed by atoms with Gasteiger partial charge in [-0.3, -0.25) is 0 Å². The van der Waals surface area contributed by atoms with Crippen LogP contribution in [0.2, 0.25) is 0 Å². The maximum absolute atomic E-state index is 2.31. The standard InChI is InChI=1S/C22H24NP/c1-18(23(2)3)21-16-10-11-17-22(21)24(19-12-6-4-7-13-19)20-14-8-5-9-15-20/h4-18H,1-3H3/t18-/m1/s1. The first-order chi connectivity index (χ1) is 11.7. The van der Waals surface area contributed by atoms with Crippen LogP contribution in [0, 0.1) is 0 Å². The van der Waals surface area contributed by atoms with Gasteiger partial charge >= 0.3 is 0 Å². The second kappa shape index (κ2) is 7.75. The quantitative estimate of drug-likeness (QED) is 0.636. The average Bonchev–Trinajstić information content (AvgIpc) is 2.63. The fraction of sp³-hybridized carbons (Fsp3) is 0.182. The van der Waals surface area contributed by atoms with E-state index in [1.54, 1.807) is 0 Å². The lowest BCUT2D eigenvalue weighted by Crippen LogP contribution is -2.27. The SMILES string of the molecule is C[C@H](c1ccccc1P(c1ccccc1)c1ccccc1)N(C)C. The summed E-state index contributed by atoms with van der Waals surface area (Å²) in [6.07, 6.45) is 0. The van der Waals surface area contributed by atoms with Gasteiger partial charge in [0.15, 0.2) is 0 Å². The molecular formula is C22H24NP. The van der Waals surface area contributed by atoms with E-state index in [0.29, 0.717) is 6.04 Å². The zero-order chi connectivity index (χ0) is 16.9. The Hall–Kier alpha value is -1.95. The van der Waals surface area contributed by atoms with E-state index >= 15 is 0 Å². The summed E-state index contributed by atoms with van der Waals surface area (Å²) in [6.45, 7) is 2.28. The molecule has 0 aliphatic carbocycles. The van der Waals surface area contributed by atoms with Crippen LogP contribution in [0.15, 0.2) is 84.9 Å². The summed E-state index contributed by atoms with van der Waals surface area (Å²) < 4.78 is 0. The van der Waals surface area contributed by atoms with Crippen LogP contribution in [-0.2, 0) is 0 Å². The summed E-state index contributed by atoms with van der Waals surface area (Å²) in [7, 11) is 3.74. The van der Waals surface area contributed by atoms with Crippen molar-refractivity contribution in [3.8, 4) is 0 Å². The van der Waals surface area contributed by atoms with Crippen LogP contribution in [-0.4, -0.2) is 19.0 Å². The lowest BCUT2D eigenvalue weighted by Gasteiger charge is -2.27. The van der Waals surface area contributed by atoms with Gasteiger partial charge in [-0.2, -0.15) is 0 Å². The van der Waals surface area contributed by atoms with E-state index in [0.717, 1.165) is 0 Å². The molecule has 0 fully saturated rings. The van der Waals surface area contributed by atoms with Gasteiger partial charge in [0, 0.05) is 6.04 Å². The molecule has 0 bridgehead atoms. The Kier molecular flexibility index (Phi) is 5.45. The molecule has 0 spiro atoms. The molecule has 0 saturated carbocycles. The van der Waals surface area contributed by atoms with Crippen molar-refractivity contribution in [3.05, 3.63) is 90.5 Å². The Morgan fingerprint density at radius 2 is 1.12 bits per heavy atom. The second-order valence-corrected chi connectivity index (χ2v) is 8.39. The van der Waals surface area contributed by atoms with E-state index < -0.39 is 7.92 Å². The predicted octanol–water partition coefficient (Wildman–Crippen LogP) is 4.07. The van der Waals surface area contributed by atoms with E-state index in [9.17, 15) is 0 Å². The summed E-state index contributed by atoms with van der Waals surface area (Å²) in [5.41, 5.74) is 1.42. The maximum Gasteiger partial charge on any atom is 0.0320 e.